The van der Waals surface area contributed by atoms with Crippen LogP contribution < -0.4 is 0 Å². The smallest absolute Gasteiger partial charge is 0.337 e. The summed E-state index contributed by atoms with van der Waals surface area (Å²) in [7, 11) is 0. The Labute approximate surface area is 144 Å². The maximum absolute atomic E-state index is 12.9. The van der Waals surface area contributed by atoms with Crippen molar-refractivity contribution in [3.63, 3.8) is 0 Å². The summed E-state index contributed by atoms with van der Waals surface area (Å²) in [5.74, 6) is -1.68. The van der Waals surface area contributed by atoms with Crippen LogP contribution in [0.2, 0.25) is 0 Å². The van der Waals surface area contributed by atoms with Crippen molar-refractivity contribution in [1.29, 1.82) is 0 Å². The second-order valence-electron chi connectivity index (χ2n) is 6.03. The molecule has 3 heterocycles. The number of rotatable bonds is 1. The van der Waals surface area contributed by atoms with Gasteiger partial charge in [-0.15, -0.1) is 22.7 Å². The van der Waals surface area contributed by atoms with Gasteiger partial charge in [0.05, 0.1) is 15.5 Å². The van der Waals surface area contributed by atoms with E-state index in [0.29, 0.717) is 17.8 Å². The fourth-order valence-corrected chi connectivity index (χ4v) is 5.68. The van der Waals surface area contributed by atoms with Crippen LogP contribution >= 0.6 is 22.7 Å². The number of halogens is 3. The van der Waals surface area contributed by atoms with E-state index < -0.39 is 12.1 Å². The van der Waals surface area contributed by atoms with Gasteiger partial charge in [0, 0.05) is 27.9 Å². The zero-order chi connectivity index (χ0) is 16.9. The Kier molecular flexibility index (Phi) is 3.80. The average Bonchev–Trinajstić information content (AvgIpc) is 3.11. The third-order valence-electron chi connectivity index (χ3n) is 4.43. The molecule has 2 aromatic heterocycles. The number of amides is 1. The van der Waals surface area contributed by atoms with Crippen molar-refractivity contribution in [3.8, 4) is 0 Å². The number of likely N-dealkylation sites (tertiary alicyclic amines) is 1. The van der Waals surface area contributed by atoms with E-state index in [2.05, 4.69) is 0 Å². The zero-order valence-corrected chi connectivity index (χ0v) is 14.2. The van der Waals surface area contributed by atoms with Gasteiger partial charge >= 0.3 is 6.18 Å². The molecule has 24 heavy (non-hydrogen) atoms. The summed E-state index contributed by atoms with van der Waals surface area (Å²) in [4.78, 5) is 14.5. The number of benzene rings is 1. The molecule has 0 saturated carbocycles. The van der Waals surface area contributed by atoms with E-state index in [1.807, 2.05) is 30.3 Å². The van der Waals surface area contributed by atoms with E-state index in [9.17, 15) is 18.0 Å². The molecule has 1 fully saturated rings. The van der Waals surface area contributed by atoms with Crippen LogP contribution in [0.25, 0.3) is 19.5 Å². The maximum Gasteiger partial charge on any atom is 0.393 e. The first kappa shape index (κ1) is 15.9. The molecular weight excluding hydrogens is 355 g/mol. The molecule has 1 aromatic carbocycles. The molecule has 0 bridgehead atoms. The number of carbonyl (C=O) groups excluding carboxylic acids is 1. The summed E-state index contributed by atoms with van der Waals surface area (Å²) >= 11 is 2.99. The van der Waals surface area contributed by atoms with Crippen LogP contribution in [0.3, 0.4) is 0 Å². The van der Waals surface area contributed by atoms with Gasteiger partial charge in [0.15, 0.2) is 0 Å². The first-order chi connectivity index (χ1) is 11.4. The van der Waals surface area contributed by atoms with Crippen molar-refractivity contribution >= 4 is 48.1 Å². The van der Waals surface area contributed by atoms with Crippen LogP contribution in [0.5, 0.6) is 0 Å². The molecule has 0 N–H and O–H groups in total. The molecule has 1 aliphatic rings. The molecule has 2 nitrogen and oxygen atoms in total. The molecule has 126 valence electrons. The van der Waals surface area contributed by atoms with Gasteiger partial charge in [-0.2, -0.15) is 13.2 Å². The van der Waals surface area contributed by atoms with Gasteiger partial charge in [0.2, 0.25) is 0 Å². The van der Waals surface area contributed by atoms with Gasteiger partial charge in [-0.05, 0) is 25.0 Å². The Balaban J connectivity index is 1.63. The molecular formula is C17H14F3NOS2. The van der Waals surface area contributed by atoms with Crippen molar-refractivity contribution in [2.45, 2.75) is 19.0 Å². The van der Waals surface area contributed by atoms with Gasteiger partial charge in [0.25, 0.3) is 5.91 Å². The van der Waals surface area contributed by atoms with E-state index in [1.165, 1.54) is 16.2 Å². The highest BCUT2D eigenvalue weighted by molar-refractivity contribution is 7.33. The highest BCUT2D eigenvalue weighted by atomic mass is 32.1. The van der Waals surface area contributed by atoms with Crippen LogP contribution in [-0.4, -0.2) is 30.1 Å². The normalized spacial score (nSPS) is 19.3. The SMILES string of the molecule is O=C(c1cc2sc3ccccc3c2s1)N1CCC[C@@H](C(F)(F)F)C1. The number of nitrogens with zero attached hydrogens (tertiary/aromatic N) is 1. The van der Waals surface area contributed by atoms with Crippen molar-refractivity contribution in [1.82, 2.24) is 4.90 Å². The maximum atomic E-state index is 12.9. The number of hydrogen-bond donors (Lipinski definition) is 0. The predicted octanol–water partition coefficient (Wildman–Crippen LogP) is 5.53. The topological polar surface area (TPSA) is 20.3 Å². The Morgan fingerprint density at radius 3 is 2.75 bits per heavy atom. The largest absolute Gasteiger partial charge is 0.393 e. The molecule has 0 spiro atoms. The van der Waals surface area contributed by atoms with Gasteiger partial charge in [0.1, 0.15) is 0 Å². The van der Waals surface area contributed by atoms with Gasteiger partial charge in [-0.3, -0.25) is 4.79 Å². The van der Waals surface area contributed by atoms with Crippen molar-refractivity contribution < 1.29 is 18.0 Å². The van der Waals surface area contributed by atoms with Crippen LogP contribution in [0.4, 0.5) is 13.2 Å². The summed E-state index contributed by atoms with van der Waals surface area (Å²) in [6.45, 7) is 0.173. The lowest BCUT2D eigenvalue weighted by Crippen LogP contribution is -2.44. The Morgan fingerprint density at radius 2 is 1.96 bits per heavy atom. The minimum absolute atomic E-state index is 0.109. The lowest BCUT2D eigenvalue weighted by molar-refractivity contribution is -0.184. The summed E-state index contributed by atoms with van der Waals surface area (Å²) in [6.07, 6.45) is -3.72. The lowest BCUT2D eigenvalue weighted by Gasteiger charge is -2.33. The van der Waals surface area contributed by atoms with E-state index in [1.54, 1.807) is 11.3 Å². The van der Waals surface area contributed by atoms with E-state index in [-0.39, 0.29) is 18.9 Å². The van der Waals surface area contributed by atoms with Crippen LogP contribution in [0.1, 0.15) is 22.5 Å². The highest BCUT2D eigenvalue weighted by Gasteiger charge is 2.42. The first-order valence-electron chi connectivity index (χ1n) is 7.70. The molecule has 7 heteroatoms. The quantitative estimate of drug-likeness (QED) is 0.552. The number of carbonyl (C=O) groups is 1. The monoisotopic (exact) mass is 369 g/mol. The van der Waals surface area contributed by atoms with Gasteiger partial charge in [-0.1, -0.05) is 18.2 Å². The summed E-state index contributed by atoms with van der Waals surface area (Å²) in [6, 6.07) is 9.80. The van der Waals surface area contributed by atoms with Gasteiger partial charge in [-0.25, -0.2) is 0 Å². The number of alkyl halides is 3. The lowest BCUT2D eigenvalue weighted by atomic mass is 9.97. The van der Waals surface area contributed by atoms with Crippen molar-refractivity contribution in [3.05, 3.63) is 35.2 Å². The second kappa shape index (κ2) is 5.74. The summed E-state index contributed by atoms with van der Waals surface area (Å²) < 4.78 is 42.0. The molecule has 0 unspecified atom stereocenters. The average molecular weight is 369 g/mol. The summed E-state index contributed by atoms with van der Waals surface area (Å²) in [5.41, 5.74) is 0. The molecule has 0 radical (unpaired) electrons. The highest BCUT2D eigenvalue weighted by Crippen LogP contribution is 2.40. The standard InChI is InChI=1S/C17H14F3NOS2/c18-17(19,20)10-4-3-7-21(9-10)16(22)14-8-13-15(24-14)11-5-1-2-6-12(11)23-13/h1-2,5-6,8,10H,3-4,7,9H2/t10-/m1/s1. The zero-order valence-electron chi connectivity index (χ0n) is 12.6. The predicted molar refractivity (Wildman–Crippen MR) is 91.9 cm³/mol. The molecule has 1 amide bonds. The van der Waals surface area contributed by atoms with Gasteiger partial charge < -0.3 is 4.90 Å². The molecule has 1 saturated heterocycles. The van der Waals surface area contributed by atoms with E-state index in [4.69, 9.17) is 0 Å². The third kappa shape index (κ3) is 2.69. The second-order valence-corrected chi connectivity index (χ2v) is 8.17. The van der Waals surface area contributed by atoms with Crippen LogP contribution in [0.15, 0.2) is 30.3 Å². The molecule has 1 aliphatic heterocycles. The molecule has 0 aliphatic carbocycles. The Hall–Kier alpha value is -1.60. The molecule has 4 rings (SSSR count). The molecule has 3 aromatic rings. The van der Waals surface area contributed by atoms with Crippen molar-refractivity contribution in [2.24, 2.45) is 5.92 Å². The van der Waals surface area contributed by atoms with E-state index >= 15 is 0 Å². The number of piperidine rings is 1. The Bertz CT molecular complexity index is 911. The fourth-order valence-electron chi connectivity index (χ4n) is 3.19. The minimum atomic E-state index is -4.23. The number of fused-ring (bicyclic) bond motifs is 3. The first-order valence-corrected chi connectivity index (χ1v) is 9.34. The minimum Gasteiger partial charge on any atom is -0.337 e. The van der Waals surface area contributed by atoms with E-state index in [0.717, 1.165) is 19.5 Å². The number of thiophene rings is 2. The number of hydrogen-bond acceptors (Lipinski definition) is 3. The third-order valence-corrected chi connectivity index (χ3v) is 6.84. The van der Waals surface area contributed by atoms with Crippen LogP contribution in [-0.2, 0) is 0 Å². The van der Waals surface area contributed by atoms with Crippen LogP contribution in [0, 0.1) is 5.92 Å². The molecule has 1 atom stereocenters. The summed E-state index contributed by atoms with van der Waals surface area (Å²) in [5, 5.41) is 1.10. The van der Waals surface area contributed by atoms with Crippen molar-refractivity contribution in [2.75, 3.05) is 13.1 Å². The fraction of sp³-hybridized carbons (Fsp3) is 0.353. The Morgan fingerprint density at radius 1 is 1.17 bits per heavy atom.